The predicted molar refractivity (Wildman–Crippen MR) is 204 cm³/mol. The van der Waals surface area contributed by atoms with Crippen molar-refractivity contribution in [3.05, 3.63) is 185 Å². The van der Waals surface area contributed by atoms with Crippen molar-refractivity contribution in [1.29, 1.82) is 0 Å². The van der Waals surface area contributed by atoms with Gasteiger partial charge in [-0.15, -0.1) is 15.0 Å². The molecule has 0 amide bonds. The number of halogens is 1. The number of aromatic nitrogens is 7. The summed E-state index contributed by atoms with van der Waals surface area (Å²) in [6, 6.07) is 52.0. The molecule has 0 unspecified atom stereocenters. The molecule has 0 radical (unpaired) electrons. The van der Waals surface area contributed by atoms with Gasteiger partial charge in [-0.05, 0) is 57.1 Å². The zero-order valence-electron chi connectivity index (χ0n) is 28.3. The van der Waals surface area contributed by atoms with Gasteiger partial charge >= 0.3 is 0 Å². The van der Waals surface area contributed by atoms with Gasteiger partial charge in [0.05, 0.1) is 5.52 Å². The van der Waals surface area contributed by atoms with E-state index >= 15 is 0 Å². The number of fused-ring (bicyclic) bond motifs is 1. The van der Waals surface area contributed by atoms with Crippen LogP contribution in [0.3, 0.4) is 0 Å². The molecule has 0 saturated heterocycles. The van der Waals surface area contributed by atoms with E-state index in [4.69, 9.17) is 32.0 Å². The van der Waals surface area contributed by atoms with Crippen molar-refractivity contribution in [2.24, 2.45) is 0 Å². The van der Waals surface area contributed by atoms with E-state index in [1.54, 1.807) is 4.80 Å². The van der Waals surface area contributed by atoms with Gasteiger partial charge in [0, 0.05) is 18.5 Å². The van der Waals surface area contributed by atoms with E-state index < -0.39 is 5.54 Å². The number of rotatable bonds is 11. The van der Waals surface area contributed by atoms with Crippen LogP contribution >= 0.6 is 11.6 Å². The fourth-order valence-corrected chi connectivity index (χ4v) is 7.13. The standard InChI is InChI=1S/C43H36ClN7/c1-2-3-23-40-46-42-38(28-29-39(44)45-42)50(40)30-31-24-26-32(27-25-31)36-21-13-14-22-37(36)41-47-49-51(48-41)43(33-15-7-4-8-16-33,34-17-9-5-10-18-34)35-19-11-6-12-20-35/h4-22,24-29H,2-3,23,30H2,1H3. The second-order valence-electron chi connectivity index (χ2n) is 12.6. The fourth-order valence-electron chi connectivity index (χ4n) is 6.99. The Labute approximate surface area is 302 Å². The van der Waals surface area contributed by atoms with Crippen LogP contribution < -0.4 is 0 Å². The molecule has 8 rings (SSSR count). The molecule has 8 aromatic rings. The minimum Gasteiger partial charge on any atom is -0.322 e. The summed E-state index contributed by atoms with van der Waals surface area (Å²) >= 11 is 6.21. The minimum atomic E-state index is -0.847. The number of imidazole rings is 1. The highest BCUT2D eigenvalue weighted by atomic mass is 35.5. The molecule has 0 spiro atoms. The van der Waals surface area contributed by atoms with Crippen LogP contribution in [-0.4, -0.2) is 34.7 Å². The van der Waals surface area contributed by atoms with Crippen LogP contribution in [0.2, 0.25) is 5.15 Å². The Balaban J connectivity index is 1.17. The average Bonchev–Trinajstić information content (AvgIpc) is 3.81. The maximum absolute atomic E-state index is 6.21. The number of unbranched alkanes of at least 4 members (excludes halogenated alkanes) is 1. The van der Waals surface area contributed by atoms with Gasteiger partial charge in [0.25, 0.3) is 0 Å². The van der Waals surface area contributed by atoms with E-state index in [1.165, 1.54) is 5.56 Å². The molecule has 0 aliphatic heterocycles. The maximum Gasteiger partial charge on any atom is 0.205 e. The highest BCUT2D eigenvalue weighted by molar-refractivity contribution is 6.29. The Morgan fingerprint density at radius 3 is 1.82 bits per heavy atom. The van der Waals surface area contributed by atoms with Gasteiger partial charge in [0.15, 0.2) is 11.2 Å². The molecule has 8 heteroatoms. The quantitative estimate of drug-likeness (QED) is 0.100. The second-order valence-corrected chi connectivity index (χ2v) is 13.0. The van der Waals surface area contributed by atoms with Crippen molar-refractivity contribution in [3.8, 4) is 22.5 Å². The highest BCUT2D eigenvalue weighted by Gasteiger charge is 2.41. The molecule has 0 atom stereocenters. The van der Waals surface area contributed by atoms with Gasteiger partial charge in [-0.1, -0.05) is 164 Å². The van der Waals surface area contributed by atoms with Crippen LogP contribution in [-0.2, 0) is 18.5 Å². The minimum absolute atomic E-state index is 0.456. The second kappa shape index (κ2) is 14.1. The number of nitrogens with zero attached hydrogens (tertiary/aromatic N) is 7. The van der Waals surface area contributed by atoms with Crippen LogP contribution in [0.5, 0.6) is 0 Å². The monoisotopic (exact) mass is 685 g/mol. The van der Waals surface area contributed by atoms with E-state index in [0.29, 0.717) is 23.2 Å². The van der Waals surface area contributed by atoms with E-state index in [9.17, 15) is 0 Å². The maximum atomic E-state index is 6.21. The lowest BCUT2D eigenvalue weighted by Gasteiger charge is -2.34. The Kier molecular flexibility index (Phi) is 8.95. The Hall–Kier alpha value is -5.92. The first-order valence-corrected chi connectivity index (χ1v) is 17.7. The van der Waals surface area contributed by atoms with Crippen LogP contribution in [0.4, 0.5) is 0 Å². The Morgan fingerprint density at radius 1 is 0.627 bits per heavy atom. The summed E-state index contributed by atoms with van der Waals surface area (Å²) in [4.78, 5) is 11.1. The number of aryl methyl sites for hydroxylation is 1. The summed E-state index contributed by atoms with van der Waals surface area (Å²) in [6.45, 7) is 2.89. The van der Waals surface area contributed by atoms with E-state index in [1.807, 2.05) is 36.4 Å². The smallest absolute Gasteiger partial charge is 0.205 e. The molecule has 250 valence electrons. The first-order valence-electron chi connectivity index (χ1n) is 17.3. The summed E-state index contributed by atoms with van der Waals surface area (Å²) in [5.41, 5.74) is 8.14. The lowest BCUT2D eigenvalue weighted by atomic mass is 9.77. The molecule has 3 heterocycles. The first kappa shape index (κ1) is 32.3. The molecule has 5 aromatic carbocycles. The van der Waals surface area contributed by atoms with Crippen molar-refractivity contribution in [2.45, 2.75) is 38.3 Å². The van der Waals surface area contributed by atoms with Crippen molar-refractivity contribution < 1.29 is 0 Å². The summed E-state index contributed by atoms with van der Waals surface area (Å²) in [5, 5.41) is 15.1. The number of pyridine rings is 1. The number of hydrogen-bond donors (Lipinski definition) is 0. The Morgan fingerprint density at radius 2 is 1.22 bits per heavy atom. The molecule has 0 bridgehead atoms. The van der Waals surface area contributed by atoms with E-state index in [-0.39, 0.29) is 0 Å². The molecule has 0 saturated carbocycles. The molecular formula is C43H36ClN7. The van der Waals surface area contributed by atoms with E-state index in [2.05, 4.69) is 132 Å². The summed E-state index contributed by atoms with van der Waals surface area (Å²) < 4.78 is 2.26. The van der Waals surface area contributed by atoms with E-state index in [0.717, 1.165) is 64.0 Å². The van der Waals surface area contributed by atoms with Crippen molar-refractivity contribution >= 4 is 22.8 Å². The topological polar surface area (TPSA) is 74.3 Å². The van der Waals surface area contributed by atoms with Crippen molar-refractivity contribution in [1.82, 2.24) is 34.7 Å². The number of benzene rings is 5. The normalized spacial score (nSPS) is 11.6. The van der Waals surface area contributed by atoms with Crippen LogP contribution in [0.15, 0.2) is 152 Å². The molecule has 0 aliphatic carbocycles. The lowest BCUT2D eigenvalue weighted by molar-refractivity contribution is 0.396. The summed E-state index contributed by atoms with van der Waals surface area (Å²) in [7, 11) is 0. The molecule has 7 nitrogen and oxygen atoms in total. The largest absolute Gasteiger partial charge is 0.322 e. The third kappa shape index (κ3) is 6.10. The fraction of sp³-hybridized carbons (Fsp3) is 0.140. The highest BCUT2D eigenvalue weighted by Crippen LogP contribution is 2.40. The zero-order chi connectivity index (χ0) is 34.6. The number of hydrogen-bond acceptors (Lipinski definition) is 5. The molecule has 0 fully saturated rings. The first-order chi connectivity index (χ1) is 25.1. The third-order valence-corrected chi connectivity index (χ3v) is 9.68. The molecule has 51 heavy (non-hydrogen) atoms. The molecule has 3 aromatic heterocycles. The third-order valence-electron chi connectivity index (χ3n) is 9.47. The molecule has 0 N–H and O–H groups in total. The van der Waals surface area contributed by atoms with Gasteiger partial charge in [-0.25, -0.2) is 9.97 Å². The van der Waals surface area contributed by atoms with Crippen LogP contribution in [0.1, 0.15) is 47.8 Å². The van der Waals surface area contributed by atoms with Crippen LogP contribution in [0.25, 0.3) is 33.7 Å². The van der Waals surface area contributed by atoms with Gasteiger partial charge in [0.2, 0.25) is 5.82 Å². The Bertz CT molecular complexity index is 2290. The number of tetrazole rings is 1. The zero-order valence-corrected chi connectivity index (χ0v) is 29.0. The van der Waals surface area contributed by atoms with Gasteiger partial charge in [-0.2, -0.15) is 0 Å². The van der Waals surface area contributed by atoms with Crippen LogP contribution in [0, 0.1) is 0 Å². The summed E-state index contributed by atoms with van der Waals surface area (Å²) in [6.07, 6.45) is 3.05. The van der Waals surface area contributed by atoms with Gasteiger partial charge in [0.1, 0.15) is 11.0 Å². The van der Waals surface area contributed by atoms with Gasteiger partial charge < -0.3 is 4.57 Å². The average molecular weight is 686 g/mol. The van der Waals surface area contributed by atoms with Gasteiger partial charge in [-0.3, -0.25) is 0 Å². The summed E-state index contributed by atoms with van der Waals surface area (Å²) in [5.74, 6) is 1.58. The van der Waals surface area contributed by atoms with Crippen molar-refractivity contribution in [2.75, 3.05) is 0 Å². The predicted octanol–water partition coefficient (Wildman–Crippen LogP) is 9.64. The SMILES string of the molecule is CCCCc1nc2nc(Cl)ccc2n1Cc1ccc(-c2ccccc2-c2nnn(C(c3ccccc3)(c3ccccc3)c3ccccc3)n2)cc1. The van der Waals surface area contributed by atoms with Crippen molar-refractivity contribution in [3.63, 3.8) is 0 Å². The molecular weight excluding hydrogens is 650 g/mol. The molecule has 0 aliphatic rings. The lowest BCUT2D eigenvalue weighted by Crippen LogP contribution is -2.39.